The smallest absolute Gasteiger partial charge is 0.238 e. The van der Waals surface area contributed by atoms with Crippen LogP contribution in [0.2, 0.25) is 5.02 Å². The Hall–Kier alpha value is -1.26. The average Bonchev–Trinajstić information content (AvgIpc) is 2.70. The molecule has 0 radical (unpaired) electrons. The first-order chi connectivity index (χ1) is 8.56. The van der Waals surface area contributed by atoms with Gasteiger partial charge in [0.15, 0.2) is 0 Å². The first-order valence-corrected chi connectivity index (χ1v) is 6.53. The van der Waals surface area contributed by atoms with E-state index in [1.165, 1.54) is 12.8 Å². The molecule has 0 saturated carbocycles. The first-order valence-electron chi connectivity index (χ1n) is 6.15. The van der Waals surface area contributed by atoms with Gasteiger partial charge in [-0.05, 0) is 44.5 Å². The van der Waals surface area contributed by atoms with Gasteiger partial charge in [-0.3, -0.25) is 9.69 Å². The summed E-state index contributed by atoms with van der Waals surface area (Å²) < 4.78 is 0. The number of carbonyl (C=O) groups is 1. The Labute approximate surface area is 112 Å². The number of amides is 1. The molecule has 1 amide bonds. The Morgan fingerprint density at radius 1 is 1.61 bits per heavy atom. The second-order valence-electron chi connectivity index (χ2n) is 4.75. The summed E-state index contributed by atoms with van der Waals surface area (Å²) in [5.41, 5.74) is 6.85. The van der Waals surface area contributed by atoms with E-state index in [2.05, 4.69) is 17.1 Å². The normalized spacial score (nSPS) is 20.0. The molecule has 1 fully saturated rings. The van der Waals surface area contributed by atoms with E-state index in [-0.39, 0.29) is 5.91 Å². The van der Waals surface area contributed by atoms with Gasteiger partial charge in [-0.1, -0.05) is 11.6 Å². The van der Waals surface area contributed by atoms with Crippen molar-refractivity contribution in [3.05, 3.63) is 23.2 Å². The highest BCUT2D eigenvalue weighted by molar-refractivity contribution is 6.33. The summed E-state index contributed by atoms with van der Waals surface area (Å²) in [5.74, 6) is -0.00882. The van der Waals surface area contributed by atoms with Gasteiger partial charge in [-0.2, -0.15) is 0 Å². The number of hydrogen-bond donors (Lipinski definition) is 2. The molecule has 0 aliphatic carbocycles. The van der Waals surface area contributed by atoms with Crippen LogP contribution < -0.4 is 11.1 Å². The number of halogens is 1. The molecule has 1 aliphatic rings. The maximum atomic E-state index is 11.9. The molecule has 3 N–H and O–H groups in total. The van der Waals surface area contributed by atoms with Crippen LogP contribution in [0, 0.1) is 0 Å². The molecule has 2 rings (SSSR count). The van der Waals surface area contributed by atoms with Crippen molar-refractivity contribution < 1.29 is 4.79 Å². The molecular weight excluding hydrogens is 250 g/mol. The van der Waals surface area contributed by atoms with Crippen LogP contribution in [0.4, 0.5) is 11.4 Å². The molecule has 1 aromatic carbocycles. The lowest BCUT2D eigenvalue weighted by molar-refractivity contribution is -0.117. The molecule has 1 heterocycles. The van der Waals surface area contributed by atoms with Crippen molar-refractivity contribution in [1.29, 1.82) is 0 Å². The lowest BCUT2D eigenvalue weighted by atomic mass is 10.2. The van der Waals surface area contributed by atoms with Gasteiger partial charge in [0.25, 0.3) is 0 Å². The summed E-state index contributed by atoms with van der Waals surface area (Å²) in [5, 5.41) is 3.34. The minimum atomic E-state index is -0.00882. The zero-order chi connectivity index (χ0) is 13.1. The fraction of sp³-hybridized carbons (Fsp3) is 0.462. The number of likely N-dealkylation sites (tertiary alicyclic amines) is 1. The number of benzene rings is 1. The summed E-state index contributed by atoms with van der Waals surface area (Å²) in [7, 11) is 0. The Balaban J connectivity index is 1.92. The predicted molar refractivity (Wildman–Crippen MR) is 74.8 cm³/mol. The standard InChI is InChI=1S/C13H18ClN3O/c1-9-3-2-6-17(9)8-13(18)16-10-4-5-11(14)12(15)7-10/h4-5,7,9H,2-3,6,8,15H2,1H3,(H,16,18). The highest BCUT2D eigenvalue weighted by Crippen LogP contribution is 2.22. The lowest BCUT2D eigenvalue weighted by Gasteiger charge is -2.20. The van der Waals surface area contributed by atoms with Crippen molar-refractivity contribution in [2.75, 3.05) is 24.1 Å². The van der Waals surface area contributed by atoms with Gasteiger partial charge in [0, 0.05) is 11.7 Å². The monoisotopic (exact) mass is 267 g/mol. The summed E-state index contributed by atoms with van der Waals surface area (Å²) >= 11 is 5.83. The molecule has 1 unspecified atom stereocenters. The summed E-state index contributed by atoms with van der Waals surface area (Å²) in [4.78, 5) is 14.1. The van der Waals surface area contributed by atoms with Crippen LogP contribution in [0.3, 0.4) is 0 Å². The highest BCUT2D eigenvalue weighted by Gasteiger charge is 2.22. The topological polar surface area (TPSA) is 58.4 Å². The maximum absolute atomic E-state index is 11.9. The predicted octanol–water partition coefficient (Wildman–Crippen LogP) is 2.34. The minimum Gasteiger partial charge on any atom is -0.397 e. The van der Waals surface area contributed by atoms with Crippen LogP contribution in [-0.4, -0.2) is 29.9 Å². The van der Waals surface area contributed by atoms with E-state index in [0.717, 1.165) is 6.54 Å². The molecule has 98 valence electrons. The van der Waals surface area contributed by atoms with Crippen molar-refractivity contribution in [1.82, 2.24) is 4.90 Å². The molecule has 4 nitrogen and oxygen atoms in total. The van der Waals surface area contributed by atoms with Gasteiger partial charge in [0.1, 0.15) is 0 Å². The first kappa shape index (κ1) is 13.2. The molecule has 18 heavy (non-hydrogen) atoms. The van der Waals surface area contributed by atoms with E-state index in [1.54, 1.807) is 18.2 Å². The van der Waals surface area contributed by atoms with Crippen molar-refractivity contribution >= 4 is 28.9 Å². The highest BCUT2D eigenvalue weighted by atomic mass is 35.5. The molecule has 5 heteroatoms. The number of hydrogen-bond acceptors (Lipinski definition) is 3. The third-order valence-corrected chi connectivity index (χ3v) is 3.66. The van der Waals surface area contributed by atoms with Crippen molar-refractivity contribution in [3.8, 4) is 0 Å². The lowest BCUT2D eigenvalue weighted by Crippen LogP contribution is -2.35. The third kappa shape index (κ3) is 3.15. The number of nitrogens with two attached hydrogens (primary N) is 1. The van der Waals surface area contributed by atoms with E-state index in [0.29, 0.717) is 29.0 Å². The minimum absolute atomic E-state index is 0.00882. The van der Waals surface area contributed by atoms with Gasteiger partial charge >= 0.3 is 0 Å². The van der Waals surface area contributed by atoms with E-state index in [9.17, 15) is 4.79 Å². The number of anilines is 2. The van der Waals surface area contributed by atoms with E-state index in [4.69, 9.17) is 17.3 Å². The van der Waals surface area contributed by atoms with E-state index in [1.807, 2.05) is 0 Å². The molecule has 0 aromatic heterocycles. The molecular formula is C13H18ClN3O. The van der Waals surface area contributed by atoms with Crippen LogP contribution in [0.1, 0.15) is 19.8 Å². The van der Waals surface area contributed by atoms with Crippen LogP contribution >= 0.6 is 11.6 Å². The molecule has 1 aromatic rings. The second-order valence-corrected chi connectivity index (χ2v) is 5.15. The Morgan fingerprint density at radius 3 is 3.00 bits per heavy atom. The van der Waals surface area contributed by atoms with Crippen molar-refractivity contribution in [3.63, 3.8) is 0 Å². The Kier molecular flexibility index (Phi) is 4.09. The Bertz CT molecular complexity index is 450. The fourth-order valence-corrected chi connectivity index (χ4v) is 2.35. The van der Waals surface area contributed by atoms with Gasteiger partial charge in [0.2, 0.25) is 5.91 Å². The zero-order valence-electron chi connectivity index (χ0n) is 10.4. The second kappa shape index (κ2) is 5.59. The van der Waals surface area contributed by atoms with Crippen molar-refractivity contribution in [2.24, 2.45) is 0 Å². The summed E-state index contributed by atoms with van der Waals surface area (Å²) in [6.45, 7) is 3.58. The molecule has 0 bridgehead atoms. The Morgan fingerprint density at radius 2 is 2.39 bits per heavy atom. The number of carbonyl (C=O) groups excluding carboxylic acids is 1. The maximum Gasteiger partial charge on any atom is 0.238 e. The van der Waals surface area contributed by atoms with Gasteiger partial charge in [-0.15, -0.1) is 0 Å². The van der Waals surface area contributed by atoms with Crippen LogP contribution in [0.5, 0.6) is 0 Å². The molecule has 1 aliphatic heterocycles. The molecule has 0 spiro atoms. The SMILES string of the molecule is CC1CCCN1CC(=O)Nc1ccc(Cl)c(N)c1. The van der Waals surface area contributed by atoms with Crippen molar-refractivity contribution in [2.45, 2.75) is 25.8 Å². The quantitative estimate of drug-likeness (QED) is 0.827. The van der Waals surface area contributed by atoms with E-state index >= 15 is 0 Å². The molecule has 1 saturated heterocycles. The third-order valence-electron chi connectivity index (χ3n) is 3.32. The van der Waals surface area contributed by atoms with Gasteiger partial charge in [-0.25, -0.2) is 0 Å². The van der Waals surface area contributed by atoms with Gasteiger partial charge < -0.3 is 11.1 Å². The average molecular weight is 268 g/mol. The summed E-state index contributed by atoms with van der Waals surface area (Å²) in [6.07, 6.45) is 2.34. The molecule has 1 atom stereocenters. The van der Waals surface area contributed by atoms with Crippen LogP contribution in [0.15, 0.2) is 18.2 Å². The van der Waals surface area contributed by atoms with Crippen LogP contribution in [0.25, 0.3) is 0 Å². The number of nitrogens with zero attached hydrogens (tertiary/aromatic N) is 1. The number of rotatable bonds is 3. The fourth-order valence-electron chi connectivity index (χ4n) is 2.23. The zero-order valence-corrected chi connectivity index (χ0v) is 11.2. The van der Waals surface area contributed by atoms with Gasteiger partial charge in [0.05, 0.1) is 17.3 Å². The number of nitrogens with one attached hydrogen (secondary N) is 1. The van der Waals surface area contributed by atoms with E-state index < -0.39 is 0 Å². The number of nitrogen functional groups attached to an aromatic ring is 1. The van der Waals surface area contributed by atoms with Crippen LogP contribution in [-0.2, 0) is 4.79 Å². The summed E-state index contributed by atoms with van der Waals surface area (Å²) in [6, 6.07) is 5.61. The largest absolute Gasteiger partial charge is 0.397 e.